The molecule has 1 unspecified atom stereocenters. The number of hydrogen-bond donors (Lipinski definition) is 1. The molecule has 106 valence electrons. The summed E-state index contributed by atoms with van der Waals surface area (Å²) in [6.07, 6.45) is 1.70. The zero-order valence-electron chi connectivity index (χ0n) is 11.2. The third-order valence-electron chi connectivity index (χ3n) is 3.14. The maximum Gasteiger partial charge on any atom is 0.262 e. The minimum absolute atomic E-state index is 0.0489. The van der Waals surface area contributed by atoms with Gasteiger partial charge >= 0.3 is 0 Å². The SMILES string of the molecule is CC(CC#N)N(C)S(=O)(=O)c1c(N)nc2ccccn12. The van der Waals surface area contributed by atoms with Crippen molar-refractivity contribution in [1.82, 2.24) is 13.7 Å². The number of nitrogen functional groups attached to an aromatic ring is 1. The number of nitrogens with two attached hydrogens (primary N) is 1. The lowest BCUT2D eigenvalue weighted by Gasteiger charge is -2.22. The van der Waals surface area contributed by atoms with Gasteiger partial charge in [0.2, 0.25) is 0 Å². The molecule has 2 heterocycles. The molecule has 2 aromatic rings. The van der Waals surface area contributed by atoms with E-state index >= 15 is 0 Å². The van der Waals surface area contributed by atoms with Gasteiger partial charge in [-0.2, -0.15) is 9.57 Å². The van der Waals surface area contributed by atoms with Crippen molar-refractivity contribution in [1.29, 1.82) is 5.26 Å². The molecule has 0 aliphatic carbocycles. The molecular formula is C12H15N5O2S. The van der Waals surface area contributed by atoms with Gasteiger partial charge in [0.1, 0.15) is 5.65 Å². The molecule has 0 radical (unpaired) electrons. The molecule has 1 atom stereocenters. The molecule has 0 saturated heterocycles. The van der Waals surface area contributed by atoms with E-state index in [-0.39, 0.29) is 17.3 Å². The van der Waals surface area contributed by atoms with Gasteiger partial charge in [0.05, 0.1) is 12.5 Å². The molecule has 0 spiro atoms. The van der Waals surface area contributed by atoms with Crippen molar-refractivity contribution in [2.75, 3.05) is 12.8 Å². The van der Waals surface area contributed by atoms with Crippen LogP contribution in [0.2, 0.25) is 0 Å². The minimum atomic E-state index is -3.82. The fraction of sp³-hybridized carbons (Fsp3) is 0.333. The summed E-state index contributed by atoms with van der Waals surface area (Å²) >= 11 is 0. The maximum atomic E-state index is 12.6. The molecule has 2 aromatic heterocycles. The van der Waals surface area contributed by atoms with E-state index in [9.17, 15) is 8.42 Å². The second kappa shape index (κ2) is 5.11. The summed E-state index contributed by atoms with van der Waals surface area (Å²) in [5.41, 5.74) is 6.21. The lowest BCUT2D eigenvalue weighted by atomic mass is 10.3. The Bertz CT molecular complexity index is 775. The van der Waals surface area contributed by atoms with Crippen LogP contribution in [0.15, 0.2) is 29.4 Å². The lowest BCUT2D eigenvalue weighted by Crippen LogP contribution is -2.35. The summed E-state index contributed by atoms with van der Waals surface area (Å²) in [7, 11) is -2.39. The number of anilines is 1. The quantitative estimate of drug-likeness (QED) is 0.899. The van der Waals surface area contributed by atoms with E-state index in [1.54, 1.807) is 31.3 Å². The molecule has 8 heteroatoms. The summed E-state index contributed by atoms with van der Waals surface area (Å²) in [6, 6.07) is 6.64. The molecule has 0 bridgehead atoms. The summed E-state index contributed by atoms with van der Waals surface area (Å²) in [4.78, 5) is 4.04. The highest BCUT2D eigenvalue weighted by Crippen LogP contribution is 2.24. The van der Waals surface area contributed by atoms with Crippen molar-refractivity contribution >= 4 is 21.5 Å². The minimum Gasteiger partial charge on any atom is -0.381 e. The van der Waals surface area contributed by atoms with Crippen molar-refractivity contribution in [2.24, 2.45) is 0 Å². The first-order valence-corrected chi connectivity index (χ1v) is 7.41. The summed E-state index contributed by atoms with van der Waals surface area (Å²) in [5, 5.41) is 8.63. The average molecular weight is 293 g/mol. The van der Waals surface area contributed by atoms with Gasteiger partial charge < -0.3 is 5.73 Å². The fourth-order valence-corrected chi connectivity index (χ4v) is 3.42. The molecule has 7 nitrogen and oxygen atoms in total. The maximum absolute atomic E-state index is 12.6. The summed E-state index contributed by atoms with van der Waals surface area (Å²) in [5.74, 6) is -0.0489. The number of imidazole rings is 1. The first-order valence-electron chi connectivity index (χ1n) is 5.97. The number of hydrogen-bond acceptors (Lipinski definition) is 5. The Morgan fingerprint density at radius 1 is 1.55 bits per heavy atom. The van der Waals surface area contributed by atoms with Crippen LogP contribution in [0.4, 0.5) is 5.82 Å². The third kappa shape index (κ3) is 2.21. The molecule has 20 heavy (non-hydrogen) atoms. The third-order valence-corrected chi connectivity index (χ3v) is 5.15. The van der Waals surface area contributed by atoms with Gasteiger partial charge in [0, 0.05) is 19.3 Å². The number of fused-ring (bicyclic) bond motifs is 1. The van der Waals surface area contributed by atoms with Crippen LogP contribution >= 0.6 is 0 Å². The Hall–Kier alpha value is -2.11. The van der Waals surface area contributed by atoms with Crippen LogP contribution in [0.1, 0.15) is 13.3 Å². The van der Waals surface area contributed by atoms with Crippen molar-refractivity contribution in [2.45, 2.75) is 24.4 Å². The van der Waals surface area contributed by atoms with Gasteiger partial charge in [-0.3, -0.25) is 4.40 Å². The Labute approximate surface area is 117 Å². The van der Waals surface area contributed by atoms with Crippen LogP contribution in [0.5, 0.6) is 0 Å². The van der Waals surface area contributed by atoms with E-state index in [4.69, 9.17) is 11.0 Å². The van der Waals surface area contributed by atoms with Crippen LogP contribution in [0.25, 0.3) is 5.65 Å². The number of aromatic nitrogens is 2. The highest BCUT2D eigenvalue weighted by Gasteiger charge is 2.31. The predicted molar refractivity (Wildman–Crippen MR) is 74.2 cm³/mol. The first-order chi connectivity index (χ1) is 9.39. The van der Waals surface area contributed by atoms with Crippen LogP contribution in [-0.4, -0.2) is 35.2 Å². The van der Waals surface area contributed by atoms with Crippen LogP contribution in [0, 0.1) is 11.3 Å². The molecule has 0 aromatic carbocycles. The number of pyridine rings is 1. The zero-order valence-corrected chi connectivity index (χ0v) is 12.0. The van der Waals surface area contributed by atoms with E-state index in [0.717, 1.165) is 4.31 Å². The van der Waals surface area contributed by atoms with E-state index < -0.39 is 16.1 Å². The Kier molecular flexibility index (Phi) is 3.65. The van der Waals surface area contributed by atoms with E-state index in [0.29, 0.717) is 5.65 Å². The molecule has 0 aliphatic heterocycles. The summed E-state index contributed by atoms with van der Waals surface area (Å²) in [6.45, 7) is 1.67. The summed E-state index contributed by atoms with van der Waals surface area (Å²) < 4.78 is 27.8. The highest BCUT2D eigenvalue weighted by molar-refractivity contribution is 7.89. The predicted octanol–water partition coefficient (Wildman–Crippen LogP) is 0.839. The number of nitriles is 1. The Morgan fingerprint density at radius 3 is 2.90 bits per heavy atom. The van der Waals surface area contributed by atoms with Crippen molar-refractivity contribution in [3.05, 3.63) is 24.4 Å². The van der Waals surface area contributed by atoms with Crippen LogP contribution in [0.3, 0.4) is 0 Å². The molecule has 0 saturated carbocycles. The van der Waals surface area contributed by atoms with E-state index in [1.165, 1.54) is 11.4 Å². The van der Waals surface area contributed by atoms with Gasteiger partial charge in [-0.05, 0) is 19.1 Å². The van der Waals surface area contributed by atoms with Crippen molar-refractivity contribution in [3.8, 4) is 6.07 Å². The molecule has 2 rings (SSSR count). The van der Waals surface area contributed by atoms with Crippen LogP contribution in [-0.2, 0) is 10.0 Å². The molecule has 0 amide bonds. The van der Waals surface area contributed by atoms with Gasteiger partial charge in [-0.25, -0.2) is 13.4 Å². The van der Waals surface area contributed by atoms with E-state index in [1.807, 2.05) is 6.07 Å². The molecule has 0 aliphatic rings. The number of rotatable bonds is 4. The smallest absolute Gasteiger partial charge is 0.262 e. The largest absolute Gasteiger partial charge is 0.381 e. The van der Waals surface area contributed by atoms with Crippen molar-refractivity contribution < 1.29 is 8.42 Å². The standard InChI is InChI=1S/C12H15N5O2S/c1-9(6-7-13)16(2)20(18,19)12-11(14)15-10-5-3-4-8-17(10)12/h3-5,8-9H,6,14H2,1-2H3. The highest BCUT2D eigenvalue weighted by atomic mass is 32.2. The molecular weight excluding hydrogens is 278 g/mol. The Balaban J connectivity index is 2.58. The second-order valence-corrected chi connectivity index (χ2v) is 6.38. The number of nitrogens with zero attached hydrogens (tertiary/aromatic N) is 4. The van der Waals surface area contributed by atoms with Gasteiger partial charge in [0.25, 0.3) is 10.0 Å². The van der Waals surface area contributed by atoms with Crippen LogP contribution < -0.4 is 5.73 Å². The van der Waals surface area contributed by atoms with E-state index in [2.05, 4.69) is 4.98 Å². The topological polar surface area (TPSA) is 104 Å². The average Bonchev–Trinajstić information content (AvgIpc) is 2.74. The fourth-order valence-electron chi connectivity index (χ4n) is 1.88. The zero-order chi connectivity index (χ0) is 14.9. The van der Waals surface area contributed by atoms with Crippen molar-refractivity contribution in [3.63, 3.8) is 0 Å². The molecule has 0 fully saturated rings. The monoisotopic (exact) mass is 293 g/mol. The number of sulfonamides is 1. The van der Waals surface area contributed by atoms with Gasteiger partial charge in [0.15, 0.2) is 10.8 Å². The van der Waals surface area contributed by atoms with Gasteiger partial charge in [-0.1, -0.05) is 6.07 Å². The molecule has 2 N–H and O–H groups in total. The Morgan fingerprint density at radius 2 is 2.25 bits per heavy atom. The lowest BCUT2D eigenvalue weighted by molar-refractivity contribution is 0.391. The van der Waals surface area contributed by atoms with Gasteiger partial charge in [-0.15, -0.1) is 0 Å². The first kappa shape index (κ1) is 14.3. The normalized spacial score (nSPS) is 13.5. The second-order valence-electron chi connectivity index (χ2n) is 4.46.